The number of benzene rings is 1. The molecule has 0 spiro atoms. The number of pyridine rings is 1. The molecular weight excluding hydrogens is 403 g/mol. The van der Waals surface area contributed by atoms with Gasteiger partial charge in [0.1, 0.15) is 17.7 Å². The smallest absolute Gasteiger partial charge is 0.291 e. The van der Waals surface area contributed by atoms with Gasteiger partial charge in [0.25, 0.3) is 17.4 Å². The van der Waals surface area contributed by atoms with Crippen LogP contribution in [0.15, 0.2) is 41.6 Å². The molecule has 0 atom stereocenters. The van der Waals surface area contributed by atoms with Crippen LogP contribution in [0.4, 0.5) is 4.39 Å². The summed E-state index contributed by atoms with van der Waals surface area (Å²) in [6, 6.07) is 5.44. The van der Waals surface area contributed by atoms with E-state index in [0.717, 1.165) is 0 Å². The lowest BCUT2D eigenvalue weighted by atomic mass is 9.95. The lowest BCUT2D eigenvalue weighted by Crippen LogP contribution is -2.41. The van der Waals surface area contributed by atoms with E-state index in [4.69, 9.17) is 0 Å². The standard InChI is InChI=1S/C21H21FN6O3/c1-25(2)19(29)17-16-8-9-27(21(31)18-23-12-24-26(18)3)10-13(16)11-28(20(17)30)15-6-4-14(22)5-7-15/h4-7,11-12H,8-10H2,1-3H3. The number of fused-ring (bicyclic) bond motifs is 1. The minimum atomic E-state index is -0.475. The molecule has 0 fully saturated rings. The Hall–Kier alpha value is -3.82. The van der Waals surface area contributed by atoms with Gasteiger partial charge in [-0.2, -0.15) is 5.10 Å². The van der Waals surface area contributed by atoms with Crippen LogP contribution in [-0.4, -0.2) is 61.6 Å². The first-order valence-electron chi connectivity index (χ1n) is 9.66. The number of carbonyl (C=O) groups is 2. The number of nitrogens with zero attached hydrogens (tertiary/aromatic N) is 6. The van der Waals surface area contributed by atoms with Crippen molar-refractivity contribution in [2.75, 3.05) is 20.6 Å². The van der Waals surface area contributed by atoms with Gasteiger partial charge in [-0.25, -0.2) is 14.1 Å². The Morgan fingerprint density at radius 3 is 2.48 bits per heavy atom. The maximum absolute atomic E-state index is 13.4. The zero-order valence-corrected chi connectivity index (χ0v) is 17.4. The summed E-state index contributed by atoms with van der Waals surface area (Å²) in [4.78, 5) is 46.0. The minimum Gasteiger partial charge on any atom is -0.345 e. The molecule has 0 radical (unpaired) electrons. The predicted molar refractivity (Wildman–Crippen MR) is 109 cm³/mol. The molecule has 1 aromatic carbocycles. The van der Waals surface area contributed by atoms with Gasteiger partial charge in [-0.05, 0) is 41.8 Å². The fraction of sp³-hybridized carbons (Fsp3) is 0.286. The van der Waals surface area contributed by atoms with Crippen LogP contribution in [0.5, 0.6) is 0 Å². The van der Waals surface area contributed by atoms with Crippen molar-refractivity contribution in [3.63, 3.8) is 0 Å². The highest BCUT2D eigenvalue weighted by Crippen LogP contribution is 2.24. The normalized spacial score (nSPS) is 13.1. The molecule has 0 bridgehead atoms. The molecule has 4 rings (SSSR count). The van der Waals surface area contributed by atoms with Gasteiger partial charge >= 0.3 is 0 Å². The lowest BCUT2D eigenvalue weighted by Gasteiger charge is -2.30. The maximum Gasteiger partial charge on any atom is 0.291 e. The van der Waals surface area contributed by atoms with E-state index in [1.165, 1.54) is 44.7 Å². The van der Waals surface area contributed by atoms with Gasteiger partial charge in [0.05, 0.1) is 0 Å². The van der Waals surface area contributed by atoms with E-state index >= 15 is 0 Å². The highest BCUT2D eigenvalue weighted by atomic mass is 19.1. The van der Waals surface area contributed by atoms with Crippen molar-refractivity contribution in [1.29, 1.82) is 0 Å². The molecule has 10 heteroatoms. The number of amides is 2. The SMILES string of the molecule is CN(C)C(=O)c1c2c(cn(-c3ccc(F)cc3)c1=O)CN(C(=O)c1ncnn1C)CC2. The molecule has 3 heterocycles. The van der Waals surface area contributed by atoms with Crippen LogP contribution in [0.2, 0.25) is 0 Å². The Balaban J connectivity index is 1.83. The largest absolute Gasteiger partial charge is 0.345 e. The minimum absolute atomic E-state index is 0.0672. The number of hydrogen-bond donors (Lipinski definition) is 0. The summed E-state index contributed by atoms with van der Waals surface area (Å²) in [5, 5.41) is 3.94. The average Bonchev–Trinajstić information content (AvgIpc) is 3.18. The second-order valence-electron chi connectivity index (χ2n) is 7.54. The monoisotopic (exact) mass is 424 g/mol. The predicted octanol–water partition coefficient (Wildman–Crippen LogP) is 1.01. The van der Waals surface area contributed by atoms with Gasteiger partial charge in [0, 0.05) is 46.1 Å². The third-order valence-electron chi connectivity index (χ3n) is 5.31. The van der Waals surface area contributed by atoms with Gasteiger partial charge in [-0.3, -0.25) is 19.0 Å². The van der Waals surface area contributed by atoms with E-state index in [9.17, 15) is 18.8 Å². The number of rotatable bonds is 3. The maximum atomic E-state index is 13.4. The molecule has 0 unspecified atom stereocenters. The van der Waals surface area contributed by atoms with E-state index in [1.54, 1.807) is 32.2 Å². The van der Waals surface area contributed by atoms with Crippen LogP contribution in [0, 0.1) is 5.82 Å². The molecule has 0 saturated carbocycles. The van der Waals surface area contributed by atoms with Crippen molar-refractivity contribution < 1.29 is 14.0 Å². The summed E-state index contributed by atoms with van der Waals surface area (Å²) < 4.78 is 16.1. The Bertz CT molecular complexity index is 1230. The Kier molecular flexibility index (Phi) is 5.14. The molecule has 0 N–H and O–H groups in total. The summed E-state index contributed by atoms with van der Waals surface area (Å²) in [7, 11) is 4.80. The van der Waals surface area contributed by atoms with Crippen molar-refractivity contribution in [3.8, 4) is 5.69 Å². The zero-order chi connectivity index (χ0) is 22.3. The fourth-order valence-corrected chi connectivity index (χ4v) is 3.70. The van der Waals surface area contributed by atoms with Crippen molar-refractivity contribution in [2.45, 2.75) is 13.0 Å². The summed E-state index contributed by atoms with van der Waals surface area (Å²) in [5.74, 6) is -0.920. The van der Waals surface area contributed by atoms with Gasteiger partial charge in [-0.15, -0.1) is 0 Å². The molecule has 3 aromatic rings. The van der Waals surface area contributed by atoms with Gasteiger partial charge in [-0.1, -0.05) is 0 Å². The third-order valence-corrected chi connectivity index (χ3v) is 5.31. The molecular formula is C21H21FN6O3. The highest BCUT2D eigenvalue weighted by molar-refractivity contribution is 5.96. The first-order chi connectivity index (χ1) is 14.8. The molecule has 1 aliphatic heterocycles. The summed E-state index contributed by atoms with van der Waals surface area (Å²) in [6.07, 6.45) is 3.28. The number of hydrogen-bond acceptors (Lipinski definition) is 5. The number of carbonyl (C=O) groups excluding carboxylic acids is 2. The summed E-state index contributed by atoms with van der Waals surface area (Å²) >= 11 is 0. The fourth-order valence-electron chi connectivity index (χ4n) is 3.70. The van der Waals surface area contributed by atoms with Gasteiger partial charge < -0.3 is 9.80 Å². The first-order valence-corrected chi connectivity index (χ1v) is 9.66. The zero-order valence-electron chi connectivity index (χ0n) is 17.4. The molecule has 0 aliphatic carbocycles. The van der Waals surface area contributed by atoms with E-state index in [0.29, 0.717) is 29.8 Å². The second-order valence-corrected chi connectivity index (χ2v) is 7.54. The van der Waals surface area contributed by atoms with Gasteiger partial charge in [0.15, 0.2) is 0 Å². The summed E-state index contributed by atoms with van der Waals surface area (Å²) in [5.41, 5.74) is 1.33. The van der Waals surface area contributed by atoms with Crippen LogP contribution >= 0.6 is 0 Å². The van der Waals surface area contributed by atoms with Crippen LogP contribution in [0.1, 0.15) is 32.1 Å². The molecule has 2 aromatic heterocycles. The quantitative estimate of drug-likeness (QED) is 0.626. The third kappa shape index (κ3) is 3.60. The van der Waals surface area contributed by atoms with Crippen LogP contribution < -0.4 is 5.56 Å². The Morgan fingerprint density at radius 1 is 1.16 bits per heavy atom. The van der Waals surface area contributed by atoms with Gasteiger partial charge in [0.2, 0.25) is 5.82 Å². The molecule has 1 aliphatic rings. The Labute approximate surface area is 177 Å². The summed E-state index contributed by atoms with van der Waals surface area (Å²) in [6.45, 7) is 0.544. The number of aromatic nitrogens is 4. The molecule has 2 amide bonds. The lowest BCUT2D eigenvalue weighted by molar-refractivity contribution is 0.0716. The van der Waals surface area contributed by atoms with Crippen LogP contribution in [-0.2, 0) is 20.0 Å². The Morgan fingerprint density at radius 2 is 1.87 bits per heavy atom. The molecule has 0 saturated heterocycles. The first kappa shape index (κ1) is 20.5. The van der Waals surface area contributed by atoms with E-state index in [1.807, 2.05) is 0 Å². The van der Waals surface area contributed by atoms with Crippen LogP contribution in [0.25, 0.3) is 5.69 Å². The number of aryl methyl sites for hydroxylation is 1. The van der Waals surface area contributed by atoms with Crippen LogP contribution in [0.3, 0.4) is 0 Å². The number of halogens is 1. The molecule has 160 valence electrons. The van der Waals surface area contributed by atoms with Crippen molar-refractivity contribution >= 4 is 11.8 Å². The van der Waals surface area contributed by atoms with Crippen molar-refractivity contribution in [1.82, 2.24) is 29.1 Å². The van der Waals surface area contributed by atoms with E-state index in [-0.39, 0.29) is 23.8 Å². The highest BCUT2D eigenvalue weighted by Gasteiger charge is 2.30. The van der Waals surface area contributed by atoms with E-state index < -0.39 is 17.3 Å². The van der Waals surface area contributed by atoms with Crippen molar-refractivity contribution in [3.05, 3.63) is 75.5 Å². The average molecular weight is 424 g/mol. The second kappa shape index (κ2) is 7.78. The molecule has 9 nitrogen and oxygen atoms in total. The van der Waals surface area contributed by atoms with Crippen molar-refractivity contribution in [2.24, 2.45) is 7.05 Å². The topological polar surface area (TPSA) is 93.3 Å². The molecule has 31 heavy (non-hydrogen) atoms. The van der Waals surface area contributed by atoms with E-state index in [2.05, 4.69) is 10.1 Å².